The second-order valence-electron chi connectivity index (χ2n) is 1.97. The molecule has 0 unspecified atom stereocenters. The third-order valence-electron chi connectivity index (χ3n) is 1.32. The van der Waals surface area contributed by atoms with Crippen LogP contribution in [0.1, 0.15) is 12.8 Å². The number of carbonyl (C=O) groups is 1. The first-order valence-corrected chi connectivity index (χ1v) is 3.71. The van der Waals surface area contributed by atoms with Gasteiger partial charge >= 0.3 is 0 Å². The number of carbonyl (C=O) groups excluding carboxylic acids is 1. The quantitative estimate of drug-likeness (QED) is 0.453. The Morgan fingerprint density at radius 1 is 1.78 bits per heavy atom. The average molecular weight is 190 g/mol. The van der Waals surface area contributed by atoms with Crippen LogP contribution < -0.4 is 0 Å². The minimum atomic E-state index is 0.847. The Morgan fingerprint density at radius 2 is 2.56 bits per heavy atom. The van der Waals surface area contributed by atoms with E-state index in [1.807, 2.05) is 6.08 Å². The fourth-order valence-corrected chi connectivity index (χ4v) is 1.30. The minimum absolute atomic E-state index is 0.847. The van der Waals surface area contributed by atoms with Gasteiger partial charge in [-0.05, 0) is 28.8 Å². The zero-order valence-corrected chi connectivity index (χ0v) is 6.60. The van der Waals surface area contributed by atoms with E-state index in [0.29, 0.717) is 0 Å². The summed E-state index contributed by atoms with van der Waals surface area (Å²) in [5.41, 5.74) is 0. The number of amides is 1. The van der Waals surface area contributed by atoms with Crippen molar-refractivity contribution in [1.29, 1.82) is 0 Å². The van der Waals surface area contributed by atoms with E-state index >= 15 is 0 Å². The lowest BCUT2D eigenvalue weighted by Crippen LogP contribution is -2.22. The molecule has 1 amide bonds. The van der Waals surface area contributed by atoms with Gasteiger partial charge in [-0.25, -0.2) is 0 Å². The molecule has 0 N–H and O–H groups in total. The maximum absolute atomic E-state index is 10.2. The number of rotatable bonds is 1. The Labute approximate surface area is 62.7 Å². The van der Waals surface area contributed by atoms with E-state index in [-0.39, 0.29) is 0 Å². The molecule has 0 aromatic heterocycles. The Kier molecular flexibility index (Phi) is 2.28. The standard InChI is InChI=1S/C6H8BrNO/c7-6-3-1-2-4-8(6)5-9/h3,5H,1-2,4H2. The molecule has 50 valence electrons. The summed E-state index contributed by atoms with van der Waals surface area (Å²) in [5, 5.41) is 0. The zero-order valence-electron chi connectivity index (χ0n) is 5.01. The summed E-state index contributed by atoms with van der Waals surface area (Å²) in [5.74, 6) is 0. The van der Waals surface area contributed by atoms with Gasteiger partial charge in [0.2, 0.25) is 6.41 Å². The van der Waals surface area contributed by atoms with Gasteiger partial charge in [0.05, 0.1) is 4.61 Å². The van der Waals surface area contributed by atoms with Crippen molar-refractivity contribution in [3.63, 3.8) is 0 Å². The molecule has 0 aromatic rings. The molecular formula is C6H8BrNO. The van der Waals surface area contributed by atoms with Crippen LogP contribution in [0.4, 0.5) is 0 Å². The van der Waals surface area contributed by atoms with Crippen molar-refractivity contribution in [2.24, 2.45) is 0 Å². The van der Waals surface area contributed by atoms with E-state index in [4.69, 9.17) is 0 Å². The van der Waals surface area contributed by atoms with E-state index in [1.54, 1.807) is 4.90 Å². The molecule has 1 rings (SSSR count). The summed E-state index contributed by atoms with van der Waals surface area (Å²) in [6.07, 6.45) is 5.01. The maximum atomic E-state index is 10.2. The van der Waals surface area contributed by atoms with Gasteiger partial charge in [0.15, 0.2) is 0 Å². The highest BCUT2D eigenvalue weighted by molar-refractivity contribution is 9.11. The molecule has 0 aromatic carbocycles. The van der Waals surface area contributed by atoms with E-state index < -0.39 is 0 Å². The largest absolute Gasteiger partial charge is 0.309 e. The molecule has 0 bridgehead atoms. The van der Waals surface area contributed by atoms with Crippen molar-refractivity contribution < 1.29 is 4.79 Å². The predicted octanol–water partition coefficient (Wildman–Crippen LogP) is 1.47. The maximum Gasteiger partial charge on any atom is 0.214 e. The molecular weight excluding hydrogens is 182 g/mol. The van der Waals surface area contributed by atoms with Gasteiger partial charge in [-0.3, -0.25) is 4.79 Å². The van der Waals surface area contributed by atoms with Gasteiger partial charge in [0, 0.05) is 6.54 Å². The first-order valence-electron chi connectivity index (χ1n) is 2.92. The molecule has 0 aliphatic carbocycles. The first-order chi connectivity index (χ1) is 4.34. The molecule has 0 radical (unpaired) electrons. The number of allylic oxidation sites excluding steroid dienone is 1. The van der Waals surface area contributed by atoms with Crippen molar-refractivity contribution in [2.75, 3.05) is 6.54 Å². The zero-order chi connectivity index (χ0) is 6.69. The van der Waals surface area contributed by atoms with Gasteiger partial charge in [-0.2, -0.15) is 0 Å². The lowest BCUT2D eigenvalue weighted by molar-refractivity contribution is -0.116. The van der Waals surface area contributed by atoms with Crippen molar-refractivity contribution in [3.8, 4) is 0 Å². The SMILES string of the molecule is O=CN1CCCC=C1Br. The van der Waals surface area contributed by atoms with Crippen LogP contribution in [0.15, 0.2) is 10.7 Å². The molecule has 0 fully saturated rings. The van der Waals surface area contributed by atoms with Crippen LogP contribution in [0.25, 0.3) is 0 Å². The van der Waals surface area contributed by atoms with Crippen LogP contribution in [0, 0.1) is 0 Å². The van der Waals surface area contributed by atoms with Crippen LogP contribution in [-0.2, 0) is 4.79 Å². The molecule has 1 aliphatic rings. The Balaban J connectivity index is 2.60. The van der Waals surface area contributed by atoms with Crippen LogP contribution >= 0.6 is 15.9 Å². The summed E-state index contributed by atoms with van der Waals surface area (Å²) in [6, 6.07) is 0. The molecule has 0 saturated carbocycles. The van der Waals surface area contributed by atoms with Crippen LogP contribution in [0.5, 0.6) is 0 Å². The predicted molar refractivity (Wildman–Crippen MR) is 39.0 cm³/mol. The second kappa shape index (κ2) is 3.01. The first kappa shape index (κ1) is 6.81. The molecule has 0 atom stereocenters. The Bertz CT molecular complexity index is 144. The second-order valence-corrected chi connectivity index (χ2v) is 2.78. The van der Waals surface area contributed by atoms with E-state index in [9.17, 15) is 4.79 Å². The Hall–Kier alpha value is -0.310. The highest BCUT2D eigenvalue weighted by atomic mass is 79.9. The molecule has 2 nitrogen and oxygen atoms in total. The molecule has 0 spiro atoms. The number of halogens is 1. The van der Waals surface area contributed by atoms with E-state index in [2.05, 4.69) is 15.9 Å². The minimum Gasteiger partial charge on any atom is -0.309 e. The number of hydrogen-bond acceptors (Lipinski definition) is 1. The van der Waals surface area contributed by atoms with Gasteiger partial charge in [0.25, 0.3) is 0 Å². The topological polar surface area (TPSA) is 20.3 Å². The van der Waals surface area contributed by atoms with Gasteiger partial charge in [-0.1, -0.05) is 6.08 Å². The summed E-state index contributed by atoms with van der Waals surface area (Å²) in [4.78, 5) is 11.9. The van der Waals surface area contributed by atoms with E-state index in [0.717, 1.165) is 30.4 Å². The highest BCUT2D eigenvalue weighted by Gasteiger charge is 2.07. The normalized spacial score (nSPS) is 19.2. The number of hydrogen-bond donors (Lipinski definition) is 0. The van der Waals surface area contributed by atoms with Crippen molar-refractivity contribution in [1.82, 2.24) is 4.90 Å². The van der Waals surface area contributed by atoms with Crippen molar-refractivity contribution in [2.45, 2.75) is 12.8 Å². The van der Waals surface area contributed by atoms with Crippen LogP contribution in [0.3, 0.4) is 0 Å². The smallest absolute Gasteiger partial charge is 0.214 e. The molecule has 3 heteroatoms. The molecule has 9 heavy (non-hydrogen) atoms. The number of nitrogens with zero attached hydrogens (tertiary/aromatic N) is 1. The van der Waals surface area contributed by atoms with E-state index in [1.165, 1.54) is 0 Å². The lowest BCUT2D eigenvalue weighted by Gasteiger charge is -2.19. The van der Waals surface area contributed by atoms with Crippen LogP contribution in [0.2, 0.25) is 0 Å². The van der Waals surface area contributed by atoms with Crippen LogP contribution in [-0.4, -0.2) is 17.9 Å². The molecule has 1 aliphatic heterocycles. The summed E-state index contributed by atoms with van der Waals surface area (Å²) in [7, 11) is 0. The van der Waals surface area contributed by atoms with Gasteiger partial charge in [-0.15, -0.1) is 0 Å². The fourth-order valence-electron chi connectivity index (χ4n) is 0.810. The van der Waals surface area contributed by atoms with Gasteiger partial charge in [0.1, 0.15) is 0 Å². The average Bonchev–Trinajstić information content (AvgIpc) is 1.89. The third kappa shape index (κ3) is 1.55. The summed E-state index contributed by atoms with van der Waals surface area (Å²) >= 11 is 3.27. The molecule has 1 heterocycles. The Morgan fingerprint density at radius 3 is 3.00 bits per heavy atom. The fraction of sp³-hybridized carbons (Fsp3) is 0.500. The summed E-state index contributed by atoms with van der Waals surface area (Å²) < 4.78 is 0.906. The molecule has 0 saturated heterocycles. The third-order valence-corrected chi connectivity index (χ3v) is 2.10. The van der Waals surface area contributed by atoms with Gasteiger partial charge < -0.3 is 4.90 Å². The van der Waals surface area contributed by atoms with Crippen molar-refractivity contribution >= 4 is 22.3 Å². The highest BCUT2D eigenvalue weighted by Crippen LogP contribution is 2.17. The lowest BCUT2D eigenvalue weighted by atomic mass is 10.2. The summed E-state index contributed by atoms with van der Waals surface area (Å²) in [6.45, 7) is 0.848. The monoisotopic (exact) mass is 189 g/mol. The van der Waals surface area contributed by atoms with Crippen molar-refractivity contribution in [3.05, 3.63) is 10.7 Å².